The van der Waals surface area contributed by atoms with Crippen molar-refractivity contribution in [3.05, 3.63) is 40.4 Å². The first-order chi connectivity index (χ1) is 29.7. The van der Waals surface area contributed by atoms with Crippen LogP contribution in [0.1, 0.15) is 111 Å². The third kappa shape index (κ3) is 13.7. The Kier molecular flexibility index (Phi) is 16.3. The molecular weight excluding hydrogens is 885 g/mol. The van der Waals surface area contributed by atoms with Gasteiger partial charge in [0.1, 0.15) is 22.9 Å². The number of nitrogens with zero attached hydrogens (tertiary/aromatic N) is 5. The van der Waals surface area contributed by atoms with Crippen LogP contribution in [0.2, 0.25) is 0 Å². The van der Waals surface area contributed by atoms with E-state index in [0.717, 1.165) is 43.1 Å². The average molecular weight is 939 g/mol. The lowest BCUT2D eigenvalue weighted by molar-refractivity contribution is -0.594. The maximum absolute atomic E-state index is 13.9. The van der Waals surface area contributed by atoms with Crippen molar-refractivity contribution in [3.8, 4) is 22.9 Å². The zero-order valence-electron chi connectivity index (χ0n) is 37.1. The lowest BCUT2D eigenvalue weighted by atomic mass is 9.98. The number of unbranched alkanes of at least 4 members (excludes halogenated alkanes) is 2. The van der Waals surface area contributed by atoms with Crippen LogP contribution in [0, 0.1) is 5.21 Å². The van der Waals surface area contributed by atoms with Gasteiger partial charge in [-0.1, -0.05) is 37.0 Å². The van der Waals surface area contributed by atoms with Gasteiger partial charge in [-0.3, -0.25) is 24.3 Å². The lowest BCUT2D eigenvalue weighted by Gasteiger charge is -2.44. The van der Waals surface area contributed by atoms with Crippen LogP contribution >= 0.6 is 11.3 Å². The van der Waals surface area contributed by atoms with Crippen LogP contribution in [0.15, 0.2) is 33.4 Å². The number of hydrogen-bond acceptors (Lipinski definition) is 18. The fourth-order valence-electron chi connectivity index (χ4n) is 5.35. The zero-order chi connectivity index (χ0) is 47.8. The molecule has 352 valence electrons. The molecule has 1 fully saturated rings. The molecule has 0 unspecified atom stereocenters. The summed E-state index contributed by atoms with van der Waals surface area (Å²) in [5, 5.41) is 29.1. The minimum atomic E-state index is -5.24. The van der Waals surface area contributed by atoms with Crippen molar-refractivity contribution in [3.63, 3.8) is 0 Å². The quantitative estimate of drug-likeness (QED) is 0.0182. The van der Waals surface area contributed by atoms with Crippen molar-refractivity contribution in [1.29, 1.82) is 0 Å². The Hall–Kier alpha value is -6.08. The number of β-lactam (4-membered cyclic amide) rings is 1. The van der Waals surface area contributed by atoms with Gasteiger partial charge >= 0.3 is 22.4 Å². The minimum Gasteiger partial charge on any atom is -0.618 e. The number of thiazole rings is 1. The molecule has 4 heterocycles. The average Bonchev–Trinajstić information content (AvgIpc) is 3.85. The molecular formula is C39H54N8O15S2. The van der Waals surface area contributed by atoms with E-state index < -0.39 is 87.0 Å². The van der Waals surface area contributed by atoms with Crippen molar-refractivity contribution in [2.45, 2.75) is 124 Å². The number of pyridine rings is 1. The predicted octanol–water partition coefficient (Wildman–Crippen LogP) is 3.91. The highest BCUT2D eigenvalue weighted by Gasteiger charge is 2.54. The van der Waals surface area contributed by atoms with E-state index in [2.05, 4.69) is 31.2 Å². The van der Waals surface area contributed by atoms with E-state index in [0.29, 0.717) is 17.9 Å². The molecule has 23 nitrogen and oxygen atoms in total. The van der Waals surface area contributed by atoms with E-state index >= 15 is 0 Å². The van der Waals surface area contributed by atoms with E-state index in [1.165, 1.54) is 31.5 Å². The van der Waals surface area contributed by atoms with Gasteiger partial charge < -0.3 is 44.1 Å². The van der Waals surface area contributed by atoms with Gasteiger partial charge in [-0.15, -0.1) is 11.3 Å². The third-order valence-corrected chi connectivity index (χ3v) is 10.2. The first kappa shape index (κ1) is 50.6. The van der Waals surface area contributed by atoms with Gasteiger partial charge in [0.25, 0.3) is 17.7 Å². The second-order valence-corrected chi connectivity index (χ2v) is 18.9. The molecule has 3 aromatic heterocycles. The molecule has 0 radical (unpaired) electrons. The molecule has 3 aromatic rings. The molecule has 1 aliphatic heterocycles. The van der Waals surface area contributed by atoms with E-state index in [1.807, 2.05) is 13.8 Å². The van der Waals surface area contributed by atoms with Crippen LogP contribution in [-0.4, -0.2) is 112 Å². The van der Waals surface area contributed by atoms with Crippen LogP contribution in [-0.2, 0) is 39.0 Å². The van der Waals surface area contributed by atoms with Crippen molar-refractivity contribution < 1.29 is 70.0 Å². The number of oxime groups is 1. The van der Waals surface area contributed by atoms with E-state index in [4.69, 9.17) is 28.3 Å². The fraction of sp³-hybridized carbons (Fsp3) is 0.564. The molecule has 64 heavy (non-hydrogen) atoms. The van der Waals surface area contributed by atoms with Crippen molar-refractivity contribution >= 4 is 62.3 Å². The second-order valence-electron chi connectivity index (χ2n) is 16.7. The molecule has 0 bridgehead atoms. The zero-order valence-corrected chi connectivity index (χ0v) is 38.8. The summed E-state index contributed by atoms with van der Waals surface area (Å²) in [5.41, 5.74) is -4.57. The summed E-state index contributed by atoms with van der Waals surface area (Å²) in [5.74, 6) is -4.28. The molecule has 1 saturated heterocycles. The number of carbonyl (C=O) groups excluding carboxylic acids is 5. The number of nitrogens with one attached hydrogen (secondary N) is 3. The third-order valence-electron chi connectivity index (χ3n) is 8.49. The van der Waals surface area contributed by atoms with Crippen LogP contribution < -0.4 is 30.2 Å². The number of hydrogen-bond donors (Lipinski definition) is 4. The second kappa shape index (κ2) is 20.6. The lowest BCUT2D eigenvalue weighted by Crippen LogP contribution is -2.74. The largest absolute Gasteiger partial charge is 0.618 e. The Labute approximate surface area is 373 Å². The smallest absolute Gasteiger partial charge is 0.413 e. The SMILES string of the molecule is CCCCOc1cc(-c2cc(C(=O)NC[C@@H]3[C@H](NC(=O)/C(=N\OC(C)(C)C(=O)OC(C)(C)C)c4csc(NC(=O)OC(C)(C)C)n4)C(=O)N3S(=O)(=O)O)on2)[n+]([O-])cc1OCCCC. The van der Waals surface area contributed by atoms with Gasteiger partial charge in [-0.25, -0.2) is 18.9 Å². The molecule has 0 aromatic carbocycles. The first-order valence-electron chi connectivity index (χ1n) is 20.1. The highest BCUT2D eigenvalue weighted by molar-refractivity contribution is 7.84. The Morgan fingerprint density at radius 3 is 2.20 bits per heavy atom. The minimum absolute atomic E-state index is 0.0409. The summed E-state index contributed by atoms with van der Waals surface area (Å²) in [6, 6.07) is -0.804. The molecule has 25 heteroatoms. The van der Waals surface area contributed by atoms with Gasteiger partial charge in [0.15, 0.2) is 22.3 Å². The Balaban J connectivity index is 1.58. The summed E-state index contributed by atoms with van der Waals surface area (Å²) < 4.78 is 62.5. The monoisotopic (exact) mass is 938 g/mol. The van der Waals surface area contributed by atoms with Crippen LogP contribution in [0.4, 0.5) is 9.93 Å². The maximum atomic E-state index is 13.9. The molecule has 2 atom stereocenters. The number of ether oxygens (including phenoxy) is 4. The predicted molar refractivity (Wildman–Crippen MR) is 228 cm³/mol. The number of carbonyl (C=O) groups is 5. The summed E-state index contributed by atoms with van der Waals surface area (Å²) in [6.07, 6.45) is 3.49. The number of aromatic nitrogens is 3. The van der Waals surface area contributed by atoms with E-state index in [1.54, 1.807) is 41.5 Å². The highest BCUT2D eigenvalue weighted by atomic mass is 32.2. The number of amides is 4. The standard InChI is InChI=1S/C39H54N8O15S2/c1-11-13-15-57-26-18-24(46(53)20-28(26)58-16-14-12-2)22-17-27(61-44-22)31(48)40-19-25-30(33(50)47(25)64(54,55)56)42-32(49)29(45-62-39(9,10)34(51)59-37(3,4)5)23-21-63-35(41-23)43-36(52)60-38(6,7)8/h17-18,20-21,25,30H,11-16,19H2,1-10H3,(H,40,48)(H,42,49)(H,41,43,52)(H,54,55,56)/b45-29-/t25-,30+/m1/s1. The highest BCUT2D eigenvalue weighted by Crippen LogP contribution is 2.31. The van der Waals surface area contributed by atoms with E-state index in [9.17, 15) is 42.2 Å². The molecule has 4 N–H and O–H groups in total. The normalized spacial score (nSPS) is 15.8. The molecule has 0 aliphatic carbocycles. The summed E-state index contributed by atoms with van der Waals surface area (Å²) in [6.45, 7) is 16.4. The summed E-state index contributed by atoms with van der Waals surface area (Å²) >= 11 is 0.849. The van der Waals surface area contributed by atoms with Gasteiger partial charge in [0.05, 0.1) is 25.3 Å². The van der Waals surface area contributed by atoms with Crippen molar-refractivity contribution in [1.82, 2.24) is 25.1 Å². The Morgan fingerprint density at radius 1 is 0.984 bits per heavy atom. The molecule has 1 aliphatic rings. The molecule has 0 saturated carbocycles. The van der Waals surface area contributed by atoms with Crippen molar-refractivity contribution in [2.75, 3.05) is 25.1 Å². The molecule has 4 rings (SSSR count). The van der Waals surface area contributed by atoms with Crippen LogP contribution in [0.25, 0.3) is 11.4 Å². The van der Waals surface area contributed by atoms with Crippen LogP contribution in [0.5, 0.6) is 11.5 Å². The van der Waals surface area contributed by atoms with Crippen molar-refractivity contribution in [2.24, 2.45) is 5.16 Å². The number of rotatable bonds is 20. The van der Waals surface area contributed by atoms with Gasteiger partial charge in [-0.2, -0.15) is 13.1 Å². The Bertz CT molecular complexity index is 2330. The summed E-state index contributed by atoms with van der Waals surface area (Å²) in [7, 11) is -5.24. The topological polar surface area (TPSA) is 303 Å². The molecule has 4 amide bonds. The molecule has 0 spiro atoms. The first-order valence-corrected chi connectivity index (χ1v) is 22.4. The Morgan fingerprint density at radius 2 is 1.61 bits per heavy atom. The maximum Gasteiger partial charge on any atom is 0.413 e. The van der Waals surface area contributed by atoms with E-state index in [-0.39, 0.29) is 38.0 Å². The number of anilines is 1. The number of esters is 1. The van der Waals surface area contributed by atoms with Crippen LogP contribution in [0.3, 0.4) is 0 Å². The van der Waals surface area contributed by atoms with Gasteiger partial charge in [-0.05, 0) is 68.2 Å². The fourth-order valence-corrected chi connectivity index (χ4v) is 6.91. The summed E-state index contributed by atoms with van der Waals surface area (Å²) in [4.78, 5) is 75.4. The van der Waals surface area contributed by atoms with Gasteiger partial charge in [0, 0.05) is 18.0 Å². The van der Waals surface area contributed by atoms with Gasteiger partial charge in [0.2, 0.25) is 29.0 Å².